The van der Waals surface area contributed by atoms with Crippen molar-refractivity contribution in [3.63, 3.8) is 0 Å². The highest BCUT2D eigenvalue weighted by Gasteiger charge is 2.35. The number of carbonyl (C=O) groups is 3. The largest absolute Gasteiger partial charge is 0.487 e. The molecule has 3 rings (SSSR count). The third kappa shape index (κ3) is 8.79. The molecule has 3 aromatic carbocycles. The van der Waals surface area contributed by atoms with E-state index in [0.29, 0.717) is 5.69 Å². The highest BCUT2D eigenvalue weighted by atomic mass is 19.4. The molecule has 3 aromatic rings. The number of ether oxygens (including phenoxy) is 1. The van der Waals surface area contributed by atoms with E-state index < -0.39 is 47.6 Å². The smallest absolute Gasteiger partial charge is 0.417 e. The summed E-state index contributed by atoms with van der Waals surface area (Å²) >= 11 is 0. The van der Waals surface area contributed by atoms with Crippen LogP contribution in [0.25, 0.3) is 0 Å². The molecule has 0 aliphatic heterocycles. The van der Waals surface area contributed by atoms with Gasteiger partial charge in [0, 0.05) is 23.3 Å². The summed E-state index contributed by atoms with van der Waals surface area (Å²) in [4.78, 5) is 38.3. The zero-order valence-corrected chi connectivity index (χ0v) is 23.3. The lowest BCUT2D eigenvalue weighted by Gasteiger charge is -2.19. The summed E-state index contributed by atoms with van der Waals surface area (Å²) in [6.07, 6.45) is -7.70. The molecular formula is C29H29BF5N3O4. The summed E-state index contributed by atoms with van der Waals surface area (Å²) in [5, 5.41) is 7.55. The van der Waals surface area contributed by atoms with Crippen LogP contribution >= 0.6 is 0 Å². The van der Waals surface area contributed by atoms with E-state index in [9.17, 15) is 36.3 Å². The molecule has 42 heavy (non-hydrogen) atoms. The second-order valence-electron chi connectivity index (χ2n) is 10.5. The average Bonchev–Trinajstić information content (AvgIpc) is 2.90. The lowest BCUT2D eigenvalue weighted by molar-refractivity contribution is -0.138. The van der Waals surface area contributed by atoms with Crippen LogP contribution in [0.4, 0.5) is 33.3 Å². The van der Waals surface area contributed by atoms with Gasteiger partial charge in [0.05, 0.1) is 16.7 Å². The molecule has 0 fully saturated rings. The highest BCUT2D eigenvalue weighted by Crippen LogP contribution is 2.33. The van der Waals surface area contributed by atoms with Gasteiger partial charge >= 0.3 is 6.18 Å². The van der Waals surface area contributed by atoms with Crippen molar-refractivity contribution in [1.82, 2.24) is 5.32 Å². The van der Waals surface area contributed by atoms with E-state index in [1.165, 1.54) is 6.07 Å². The fourth-order valence-corrected chi connectivity index (χ4v) is 3.68. The minimum atomic E-state index is -4.87. The van der Waals surface area contributed by atoms with E-state index in [4.69, 9.17) is 4.74 Å². The molecule has 0 unspecified atom stereocenters. The van der Waals surface area contributed by atoms with Crippen LogP contribution in [0.1, 0.15) is 52.6 Å². The predicted molar refractivity (Wildman–Crippen MR) is 151 cm³/mol. The summed E-state index contributed by atoms with van der Waals surface area (Å²) in [6, 6.07) is 13.1. The Morgan fingerprint density at radius 1 is 0.833 bits per heavy atom. The first-order chi connectivity index (χ1) is 19.5. The van der Waals surface area contributed by atoms with Crippen LogP contribution in [0.15, 0.2) is 60.7 Å². The van der Waals surface area contributed by atoms with Gasteiger partial charge in [-0.1, -0.05) is 44.4 Å². The number of rotatable bonds is 9. The summed E-state index contributed by atoms with van der Waals surface area (Å²) in [5.41, 5.74) is -1.40. The minimum Gasteiger partial charge on any atom is -0.487 e. The third-order valence-corrected chi connectivity index (χ3v) is 5.92. The molecule has 13 heteroatoms. The zero-order valence-electron chi connectivity index (χ0n) is 23.3. The molecule has 0 atom stereocenters. The molecule has 3 amide bonds. The van der Waals surface area contributed by atoms with E-state index in [-0.39, 0.29) is 35.0 Å². The number of halogens is 5. The van der Waals surface area contributed by atoms with E-state index >= 15 is 0 Å². The second-order valence-corrected chi connectivity index (χ2v) is 10.5. The topological polar surface area (TPSA) is 96.5 Å². The number of benzene rings is 3. The summed E-state index contributed by atoms with van der Waals surface area (Å²) < 4.78 is 72.0. The Bertz CT molecular complexity index is 1460. The van der Waals surface area contributed by atoms with Crippen LogP contribution in [0.3, 0.4) is 0 Å². The first kappa shape index (κ1) is 32.1. The Labute approximate surface area is 240 Å². The Morgan fingerprint density at radius 2 is 1.43 bits per heavy atom. The summed E-state index contributed by atoms with van der Waals surface area (Å²) in [5.74, 6) is -2.45. The molecule has 0 saturated carbocycles. The van der Waals surface area contributed by atoms with Crippen molar-refractivity contribution >= 4 is 42.4 Å². The molecule has 0 radical (unpaired) electrons. The van der Waals surface area contributed by atoms with Crippen LogP contribution in [-0.4, -0.2) is 38.6 Å². The van der Waals surface area contributed by atoms with Crippen LogP contribution in [0.5, 0.6) is 5.75 Å². The first-order valence-corrected chi connectivity index (χ1v) is 12.8. The molecule has 0 aliphatic carbocycles. The van der Waals surface area contributed by atoms with Gasteiger partial charge in [-0.3, -0.25) is 14.4 Å². The molecule has 222 valence electrons. The number of hydrogen-bond donors (Lipinski definition) is 3. The Balaban J connectivity index is 1.92. The number of alkyl halides is 5. The maximum Gasteiger partial charge on any atom is 0.417 e. The second kappa shape index (κ2) is 13.0. The van der Waals surface area contributed by atoms with E-state index in [1.54, 1.807) is 45.0 Å². The molecule has 3 N–H and O–H groups in total. The number of hydrogen-bond acceptors (Lipinski definition) is 4. The predicted octanol–water partition coefficient (Wildman–Crippen LogP) is 4.77. The Kier molecular flexibility index (Phi) is 9.97. The normalized spacial score (nSPS) is 11.6. The molecule has 0 aromatic heterocycles. The molecular weight excluding hydrogens is 560 g/mol. The maximum absolute atomic E-state index is 13.8. The quantitative estimate of drug-likeness (QED) is 0.248. The van der Waals surface area contributed by atoms with Crippen LogP contribution < -0.4 is 26.2 Å². The molecule has 0 spiro atoms. The van der Waals surface area contributed by atoms with Gasteiger partial charge in [0.1, 0.15) is 20.2 Å². The molecule has 0 heterocycles. The van der Waals surface area contributed by atoms with E-state index in [1.807, 2.05) is 7.85 Å². The fourth-order valence-electron chi connectivity index (χ4n) is 3.68. The lowest BCUT2D eigenvalue weighted by atomic mass is 9.95. The van der Waals surface area contributed by atoms with Crippen molar-refractivity contribution in [3.8, 4) is 5.75 Å². The highest BCUT2D eigenvalue weighted by molar-refractivity contribution is 6.32. The van der Waals surface area contributed by atoms with Gasteiger partial charge in [0.2, 0.25) is 5.91 Å². The maximum atomic E-state index is 13.8. The number of anilines is 2. The van der Waals surface area contributed by atoms with E-state index in [0.717, 1.165) is 35.8 Å². The first-order valence-electron chi connectivity index (χ1n) is 12.8. The van der Waals surface area contributed by atoms with Crippen molar-refractivity contribution in [1.29, 1.82) is 0 Å². The minimum absolute atomic E-state index is 0.0852. The third-order valence-electron chi connectivity index (χ3n) is 5.92. The number of amides is 3. The van der Waals surface area contributed by atoms with Crippen LogP contribution in [0, 0.1) is 5.41 Å². The lowest BCUT2D eigenvalue weighted by Crippen LogP contribution is -2.34. The van der Waals surface area contributed by atoms with Gasteiger partial charge in [-0.15, -0.1) is 0 Å². The Morgan fingerprint density at radius 3 is 2.02 bits per heavy atom. The number of nitrogens with one attached hydrogen (secondary N) is 3. The standard InChI is InChI=1S/C29H29BF5N3O4/c1-28(2,3)27(41)36-14-16-4-10-22(29(33,34)35)20(12-16)25(39)38-19-9-11-23(42-15-24(31)32)21(13-19)26(40)37-18-7-5-17(30)6-8-18/h4-13,24H,14-15,30H2,1-3H3,(H,36,41)(H,37,40)(H,38,39). The van der Waals surface area contributed by atoms with Crippen molar-refractivity contribution < 1.29 is 41.1 Å². The zero-order chi connectivity index (χ0) is 31.2. The SMILES string of the molecule is Bc1ccc(NC(=O)c2cc(NC(=O)c3cc(CNC(=O)C(C)(C)C)ccc3C(F)(F)F)ccc2OCC(F)F)cc1. The summed E-state index contributed by atoms with van der Waals surface area (Å²) in [6.45, 7) is 3.89. The average molecular weight is 589 g/mol. The van der Waals surface area contributed by atoms with Gasteiger partial charge in [0.25, 0.3) is 18.2 Å². The van der Waals surface area contributed by atoms with Gasteiger partial charge in [-0.05, 0) is 48.0 Å². The Hall–Kier alpha value is -4.42. The van der Waals surface area contributed by atoms with Gasteiger partial charge in [-0.2, -0.15) is 13.2 Å². The van der Waals surface area contributed by atoms with Crippen LogP contribution in [0.2, 0.25) is 0 Å². The van der Waals surface area contributed by atoms with Crippen molar-refractivity contribution in [3.05, 3.63) is 82.9 Å². The monoisotopic (exact) mass is 589 g/mol. The molecule has 0 saturated heterocycles. The van der Waals surface area contributed by atoms with Crippen molar-refractivity contribution in [2.24, 2.45) is 5.41 Å². The van der Waals surface area contributed by atoms with Crippen molar-refractivity contribution in [2.75, 3.05) is 17.2 Å². The van der Waals surface area contributed by atoms with Gasteiger partial charge in [0.15, 0.2) is 0 Å². The van der Waals surface area contributed by atoms with Crippen molar-refractivity contribution in [2.45, 2.75) is 39.9 Å². The molecule has 0 aliphatic rings. The summed E-state index contributed by atoms with van der Waals surface area (Å²) in [7, 11) is 1.84. The van der Waals surface area contributed by atoms with E-state index in [2.05, 4.69) is 16.0 Å². The van der Waals surface area contributed by atoms with Gasteiger partial charge in [-0.25, -0.2) is 8.78 Å². The fraction of sp³-hybridized carbons (Fsp3) is 0.276. The molecule has 0 bridgehead atoms. The van der Waals surface area contributed by atoms with Gasteiger partial charge < -0.3 is 20.7 Å². The number of carbonyl (C=O) groups excluding carboxylic acids is 3. The van der Waals surface area contributed by atoms with Crippen LogP contribution in [-0.2, 0) is 17.5 Å². The molecule has 7 nitrogen and oxygen atoms in total.